The highest BCUT2D eigenvalue weighted by molar-refractivity contribution is 6.11. The zero-order valence-electron chi connectivity index (χ0n) is 22.9. The van der Waals surface area contributed by atoms with E-state index in [0.29, 0.717) is 34.3 Å². The molecule has 0 saturated heterocycles. The van der Waals surface area contributed by atoms with Gasteiger partial charge in [0.1, 0.15) is 17.1 Å². The standard InChI is InChI=1S/C33H33NO5/c1-18(2)7-11-22-26(35)14-13-25-29(22)23-17-20(5)8-12-24(23)34(25)31(32(37)19(3)4)30-27(38-6)15-9-21-10-16-28(36)39-33(21)30/h7-10,12-17,31-32,35,37H,3,11H2,1-2,4-6H3. The molecule has 0 aliphatic rings. The molecule has 6 nitrogen and oxygen atoms in total. The third kappa shape index (κ3) is 4.51. The maximum Gasteiger partial charge on any atom is 0.336 e. The molecule has 0 amide bonds. The lowest BCUT2D eigenvalue weighted by atomic mass is 9.93. The number of aliphatic hydroxyl groups is 1. The Morgan fingerprint density at radius 1 is 1.08 bits per heavy atom. The van der Waals surface area contributed by atoms with Crippen molar-refractivity contribution < 1.29 is 19.4 Å². The van der Waals surface area contributed by atoms with Crippen molar-refractivity contribution in [2.75, 3.05) is 7.11 Å². The van der Waals surface area contributed by atoms with Crippen LogP contribution in [0.2, 0.25) is 0 Å². The van der Waals surface area contributed by atoms with Crippen LogP contribution in [-0.4, -0.2) is 28.0 Å². The molecule has 39 heavy (non-hydrogen) atoms. The summed E-state index contributed by atoms with van der Waals surface area (Å²) in [5.74, 6) is 0.694. The molecular weight excluding hydrogens is 490 g/mol. The van der Waals surface area contributed by atoms with Gasteiger partial charge >= 0.3 is 5.63 Å². The summed E-state index contributed by atoms with van der Waals surface area (Å²) in [6, 6.07) is 15.7. The van der Waals surface area contributed by atoms with Gasteiger partial charge in [-0.15, -0.1) is 0 Å². The van der Waals surface area contributed by atoms with Gasteiger partial charge in [0.2, 0.25) is 0 Å². The van der Waals surface area contributed by atoms with Gasteiger partial charge in [-0.1, -0.05) is 29.9 Å². The van der Waals surface area contributed by atoms with Gasteiger partial charge in [0, 0.05) is 33.3 Å². The van der Waals surface area contributed by atoms with E-state index in [1.807, 2.05) is 51.1 Å². The molecule has 0 radical (unpaired) electrons. The van der Waals surface area contributed by atoms with Gasteiger partial charge in [-0.05, 0) is 82.2 Å². The molecule has 5 aromatic rings. The van der Waals surface area contributed by atoms with E-state index in [1.54, 1.807) is 26.2 Å². The topological polar surface area (TPSA) is 84.8 Å². The molecule has 200 valence electrons. The Hall–Kier alpha value is -4.29. The summed E-state index contributed by atoms with van der Waals surface area (Å²) in [7, 11) is 1.56. The first-order valence-corrected chi connectivity index (χ1v) is 12.9. The number of methoxy groups -OCH3 is 1. The molecule has 2 N–H and O–H groups in total. The Bertz CT molecular complexity index is 1830. The van der Waals surface area contributed by atoms with E-state index in [1.165, 1.54) is 6.07 Å². The predicted octanol–water partition coefficient (Wildman–Crippen LogP) is 6.96. The number of allylic oxidation sites excluding steroid dienone is 2. The number of aromatic nitrogens is 1. The Morgan fingerprint density at radius 3 is 2.49 bits per heavy atom. The highest BCUT2D eigenvalue weighted by Gasteiger charge is 2.33. The molecule has 2 aromatic heterocycles. The number of phenols is 1. The Morgan fingerprint density at radius 2 is 1.79 bits per heavy atom. The number of aryl methyl sites for hydroxylation is 1. The number of rotatable bonds is 7. The third-order valence-corrected chi connectivity index (χ3v) is 7.31. The SMILES string of the molecule is C=C(C)C(O)C(c1c(OC)ccc2ccc(=O)oc12)n1c2ccc(C)cc2c2c(CC=C(C)C)c(O)ccc21. The van der Waals surface area contributed by atoms with Crippen molar-refractivity contribution in [3.63, 3.8) is 0 Å². The molecule has 0 fully saturated rings. The van der Waals surface area contributed by atoms with E-state index in [9.17, 15) is 15.0 Å². The number of hydrogen-bond acceptors (Lipinski definition) is 5. The summed E-state index contributed by atoms with van der Waals surface area (Å²) in [5, 5.41) is 25.3. The van der Waals surface area contributed by atoms with Crippen molar-refractivity contribution in [1.82, 2.24) is 4.57 Å². The molecule has 2 atom stereocenters. The lowest BCUT2D eigenvalue weighted by Crippen LogP contribution is -2.27. The Kier molecular flexibility index (Phi) is 6.83. The van der Waals surface area contributed by atoms with Gasteiger partial charge < -0.3 is 23.9 Å². The lowest BCUT2D eigenvalue weighted by molar-refractivity contribution is 0.166. The van der Waals surface area contributed by atoms with Crippen molar-refractivity contribution in [2.24, 2.45) is 0 Å². The highest BCUT2D eigenvalue weighted by Crippen LogP contribution is 2.44. The number of ether oxygens (including phenoxy) is 1. The summed E-state index contributed by atoms with van der Waals surface area (Å²) in [4.78, 5) is 12.4. The van der Waals surface area contributed by atoms with E-state index in [4.69, 9.17) is 9.15 Å². The smallest absolute Gasteiger partial charge is 0.336 e. The summed E-state index contributed by atoms with van der Waals surface area (Å²) in [5.41, 5.74) is 5.66. The van der Waals surface area contributed by atoms with E-state index in [0.717, 1.165) is 38.5 Å². The van der Waals surface area contributed by atoms with Crippen molar-refractivity contribution in [3.05, 3.63) is 106 Å². The Labute approximate surface area is 227 Å². The van der Waals surface area contributed by atoms with Gasteiger partial charge in [0.15, 0.2) is 0 Å². The molecule has 0 aliphatic carbocycles. The van der Waals surface area contributed by atoms with Crippen LogP contribution in [0.1, 0.15) is 43.5 Å². The second-order valence-corrected chi connectivity index (χ2v) is 10.4. The molecule has 3 aromatic carbocycles. The normalized spacial score (nSPS) is 13.1. The first kappa shape index (κ1) is 26.3. The van der Waals surface area contributed by atoms with E-state index in [2.05, 4.69) is 23.3 Å². The van der Waals surface area contributed by atoms with Crippen LogP contribution in [0.3, 0.4) is 0 Å². The number of aliphatic hydroxyl groups excluding tert-OH is 1. The van der Waals surface area contributed by atoms with Gasteiger partial charge in [0.05, 0.1) is 30.3 Å². The Balaban J connectivity index is 1.98. The predicted molar refractivity (Wildman–Crippen MR) is 157 cm³/mol. The second-order valence-electron chi connectivity index (χ2n) is 10.4. The van der Waals surface area contributed by atoms with Crippen LogP contribution in [0.4, 0.5) is 0 Å². The first-order chi connectivity index (χ1) is 18.6. The van der Waals surface area contributed by atoms with Crippen LogP contribution >= 0.6 is 0 Å². The third-order valence-electron chi connectivity index (χ3n) is 7.31. The molecule has 2 unspecified atom stereocenters. The van der Waals surface area contributed by atoms with Crippen LogP contribution in [0.5, 0.6) is 11.5 Å². The average Bonchev–Trinajstić information content (AvgIpc) is 3.21. The minimum atomic E-state index is -1.05. The average molecular weight is 524 g/mol. The summed E-state index contributed by atoms with van der Waals surface area (Å²) in [6.45, 7) is 11.9. The number of hydrogen-bond donors (Lipinski definition) is 2. The highest BCUT2D eigenvalue weighted by atomic mass is 16.5. The summed E-state index contributed by atoms with van der Waals surface area (Å²) >= 11 is 0. The number of fused-ring (bicyclic) bond motifs is 4. The minimum absolute atomic E-state index is 0.214. The minimum Gasteiger partial charge on any atom is -0.508 e. The van der Waals surface area contributed by atoms with Gasteiger partial charge in [-0.2, -0.15) is 0 Å². The van der Waals surface area contributed by atoms with Gasteiger partial charge in [-0.25, -0.2) is 4.79 Å². The van der Waals surface area contributed by atoms with Crippen LogP contribution in [0.15, 0.2) is 87.6 Å². The fraction of sp³-hybridized carbons (Fsp3) is 0.242. The van der Waals surface area contributed by atoms with E-state index >= 15 is 0 Å². The fourth-order valence-corrected chi connectivity index (χ4v) is 5.42. The zero-order chi connectivity index (χ0) is 28.0. The molecule has 0 saturated carbocycles. The summed E-state index contributed by atoms with van der Waals surface area (Å²) < 4.78 is 13.6. The van der Waals surface area contributed by atoms with E-state index < -0.39 is 17.8 Å². The molecule has 5 rings (SSSR count). The molecular formula is C33H33NO5. The molecule has 0 spiro atoms. The number of benzene rings is 3. The first-order valence-electron chi connectivity index (χ1n) is 12.9. The van der Waals surface area contributed by atoms with Crippen molar-refractivity contribution in [1.29, 1.82) is 0 Å². The van der Waals surface area contributed by atoms with Gasteiger partial charge in [0.25, 0.3) is 0 Å². The zero-order valence-corrected chi connectivity index (χ0v) is 22.9. The van der Waals surface area contributed by atoms with Crippen molar-refractivity contribution in [2.45, 2.75) is 46.3 Å². The van der Waals surface area contributed by atoms with Crippen LogP contribution in [-0.2, 0) is 6.42 Å². The molecule has 0 aliphatic heterocycles. The monoisotopic (exact) mass is 523 g/mol. The molecule has 0 bridgehead atoms. The quantitative estimate of drug-likeness (QED) is 0.178. The van der Waals surface area contributed by atoms with E-state index in [-0.39, 0.29) is 5.75 Å². The van der Waals surface area contributed by atoms with Crippen LogP contribution in [0.25, 0.3) is 32.8 Å². The maximum absolute atomic E-state index is 12.4. The second kappa shape index (κ2) is 10.1. The van der Waals surface area contributed by atoms with Gasteiger partial charge in [-0.3, -0.25) is 0 Å². The fourth-order valence-electron chi connectivity index (χ4n) is 5.42. The number of aromatic hydroxyl groups is 1. The number of phenolic OH excluding ortho intramolecular Hbond substituents is 1. The maximum atomic E-state index is 12.4. The molecule has 2 heterocycles. The lowest BCUT2D eigenvalue weighted by Gasteiger charge is -2.29. The van der Waals surface area contributed by atoms with Crippen molar-refractivity contribution >= 4 is 32.8 Å². The summed E-state index contributed by atoms with van der Waals surface area (Å²) in [6.07, 6.45) is 1.60. The van der Waals surface area contributed by atoms with Crippen LogP contribution < -0.4 is 10.4 Å². The van der Waals surface area contributed by atoms with Crippen LogP contribution in [0, 0.1) is 6.92 Å². The number of nitrogens with zero attached hydrogens (tertiary/aromatic N) is 1. The molecule has 6 heteroatoms. The van der Waals surface area contributed by atoms with Crippen molar-refractivity contribution in [3.8, 4) is 11.5 Å². The largest absolute Gasteiger partial charge is 0.508 e.